The molecule has 1 fully saturated rings. The van der Waals surface area contributed by atoms with Gasteiger partial charge in [-0.05, 0) is 43.9 Å². The van der Waals surface area contributed by atoms with Gasteiger partial charge in [0.25, 0.3) is 5.91 Å². The zero-order valence-corrected chi connectivity index (χ0v) is 15.7. The molecule has 2 heterocycles. The first-order chi connectivity index (χ1) is 13.1. The summed E-state index contributed by atoms with van der Waals surface area (Å²) in [5, 5.41) is 6.49. The Morgan fingerprint density at radius 2 is 1.93 bits per heavy atom. The van der Waals surface area contributed by atoms with Gasteiger partial charge in [-0.25, -0.2) is 0 Å². The van der Waals surface area contributed by atoms with Crippen LogP contribution in [0.1, 0.15) is 35.7 Å². The van der Waals surface area contributed by atoms with Crippen LogP contribution in [0.15, 0.2) is 36.7 Å². The molecule has 1 aromatic carbocycles. The Labute approximate surface area is 158 Å². The maximum atomic E-state index is 12.8. The zero-order valence-electron chi connectivity index (χ0n) is 15.7. The largest absolute Gasteiger partial charge is 0.497 e. The van der Waals surface area contributed by atoms with E-state index in [1.165, 1.54) is 6.20 Å². The minimum atomic E-state index is -0.613. The minimum Gasteiger partial charge on any atom is -0.497 e. The van der Waals surface area contributed by atoms with Crippen LogP contribution >= 0.6 is 0 Å². The molecule has 0 atom stereocenters. The van der Waals surface area contributed by atoms with Crippen molar-refractivity contribution >= 4 is 11.9 Å². The highest BCUT2D eigenvalue weighted by molar-refractivity contribution is 5.94. The molecule has 1 aliphatic heterocycles. The number of methoxy groups -OCH3 is 1. The number of hydrogen-bond donors (Lipinski definition) is 1. The number of piperidine rings is 1. The van der Waals surface area contributed by atoms with Crippen molar-refractivity contribution in [3.8, 4) is 5.75 Å². The first-order valence-corrected chi connectivity index (χ1v) is 9.16. The number of likely N-dealkylation sites (tertiary alicyclic amines) is 1. The number of esters is 1. The third-order valence-corrected chi connectivity index (χ3v) is 5.16. The van der Waals surface area contributed by atoms with Gasteiger partial charge in [0.2, 0.25) is 0 Å². The van der Waals surface area contributed by atoms with Gasteiger partial charge in [0.05, 0.1) is 30.9 Å². The number of H-pyrrole nitrogens is 1. The van der Waals surface area contributed by atoms with E-state index in [2.05, 4.69) is 10.2 Å². The van der Waals surface area contributed by atoms with E-state index in [0.29, 0.717) is 44.5 Å². The summed E-state index contributed by atoms with van der Waals surface area (Å²) in [6.45, 7) is 3.19. The van der Waals surface area contributed by atoms with Crippen LogP contribution < -0.4 is 4.74 Å². The number of rotatable bonds is 6. The molecule has 1 amide bonds. The second-order valence-electron chi connectivity index (χ2n) is 6.80. The Morgan fingerprint density at radius 1 is 1.22 bits per heavy atom. The normalized spacial score (nSPS) is 16.0. The lowest BCUT2D eigenvalue weighted by Gasteiger charge is -2.40. The van der Waals surface area contributed by atoms with Gasteiger partial charge in [-0.2, -0.15) is 5.10 Å². The maximum absolute atomic E-state index is 12.8. The number of aromatic nitrogens is 2. The van der Waals surface area contributed by atoms with E-state index in [4.69, 9.17) is 9.47 Å². The fourth-order valence-corrected chi connectivity index (χ4v) is 3.56. The van der Waals surface area contributed by atoms with Crippen molar-refractivity contribution in [2.75, 3.05) is 26.8 Å². The smallest absolute Gasteiger partial charge is 0.312 e. The molecule has 3 rings (SSSR count). The van der Waals surface area contributed by atoms with Crippen molar-refractivity contribution in [1.29, 1.82) is 0 Å². The minimum absolute atomic E-state index is 0.0642. The number of nitrogens with one attached hydrogen (secondary N) is 1. The molecule has 1 aromatic heterocycles. The monoisotopic (exact) mass is 371 g/mol. The third-order valence-electron chi connectivity index (χ3n) is 5.16. The fraction of sp³-hybridized carbons (Fsp3) is 0.450. The molecule has 0 bridgehead atoms. The number of amides is 1. The number of benzene rings is 1. The topological polar surface area (TPSA) is 84.5 Å². The molecule has 0 aliphatic carbocycles. The Kier molecular flexibility index (Phi) is 5.78. The summed E-state index contributed by atoms with van der Waals surface area (Å²) < 4.78 is 10.6. The number of nitrogens with zero attached hydrogens (tertiary/aromatic N) is 2. The van der Waals surface area contributed by atoms with Gasteiger partial charge < -0.3 is 14.4 Å². The summed E-state index contributed by atoms with van der Waals surface area (Å²) in [6, 6.07) is 7.74. The number of carbonyl (C=O) groups is 2. The van der Waals surface area contributed by atoms with E-state index in [-0.39, 0.29) is 11.9 Å². The van der Waals surface area contributed by atoms with Gasteiger partial charge >= 0.3 is 5.97 Å². The SMILES string of the molecule is CCOC(=O)C1(Cc2ccc(OC)cc2)CCN(C(=O)c2cn[nH]c2)CC1. The van der Waals surface area contributed by atoms with Gasteiger partial charge in [-0.15, -0.1) is 0 Å². The molecule has 144 valence electrons. The third kappa shape index (κ3) is 4.13. The Morgan fingerprint density at radius 3 is 2.48 bits per heavy atom. The molecule has 2 aromatic rings. The lowest BCUT2D eigenvalue weighted by atomic mass is 9.73. The summed E-state index contributed by atoms with van der Waals surface area (Å²) in [5.41, 5.74) is 0.977. The summed E-state index contributed by atoms with van der Waals surface area (Å²) in [6.07, 6.45) is 4.84. The molecular weight excluding hydrogens is 346 g/mol. The van der Waals surface area contributed by atoms with Crippen LogP contribution in [0.25, 0.3) is 0 Å². The predicted octanol–water partition coefficient (Wildman–Crippen LogP) is 2.45. The zero-order chi connectivity index (χ0) is 19.3. The van der Waals surface area contributed by atoms with Gasteiger partial charge in [0.1, 0.15) is 5.75 Å². The molecule has 27 heavy (non-hydrogen) atoms. The highest BCUT2D eigenvalue weighted by Crippen LogP contribution is 2.37. The van der Waals surface area contributed by atoms with Gasteiger partial charge in [-0.1, -0.05) is 12.1 Å². The van der Waals surface area contributed by atoms with Crippen molar-refractivity contribution in [1.82, 2.24) is 15.1 Å². The summed E-state index contributed by atoms with van der Waals surface area (Å²) in [4.78, 5) is 27.1. The lowest BCUT2D eigenvalue weighted by molar-refractivity contribution is -0.158. The van der Waals surface area contributed by atoms with Crippen LogP contribution in [0.4, 0.5) is 0 Å². The molecular formula is C20H25N3O4. The van der Waals surface area contributed by atoms with Gasteiger partial charge in [0.15, 0.2) is 0 Å². The first kappa shape index (κ1) is 18.9. The van der Waals surface area contributed by atoms with Crippen LogP contribution in [0.5, 0.6) is 5.75 Å². The molecule has 0 unspecified atom stereocenters. The Bertz CT molecular complexity index is 763. The number of aromatic amines is 1. The van der Waals surface area contributed by atoms with Crippen LogP contribution in [0, 0.1) is 5.41 Å². The van der Waals surface area contributed by atoms with Crippen molar-refractivity contribution in [3.05, 3.63) is 47.8 Å². The summed E-state index contributed by atoms with van der Waals surface area (Å²) in [5.74, 6) is 0.534. The fourth-order valence-electron chi connectivity index (χ4n) is 3.56. The molecule has 1 N–H and O–H groups in total. The number of ether oxygens (including phenoxy) is 2. The first-order valence-electron chi connectivity index (χ1n) is 9.16. The second kappa shape index (κ2) is 8.24. The van der Waals surface area contributed by atoms with E-state index < -0.39 is 5.41 Å². The van der Waals surface area contributed by atoms with Crippen LogP contribution in [0.2, 0.25) is 0 Å². The molecule has 1 aliphatic rings. The Hall–Kier alpha value is -2.83. The van der Waals surface area contributed by atoms with E-state index in [0.717, 1.165) is 11.3 Å². The van der Waals surface area contributed by atoms with E-state index in [1.54, 1.807) is 18.2 Å². The van der Waals surface area contributed by atoms with E-state index >= 15 is 0 Å². The molecule has 0 spiro atoms. The van der Waals surface area contributed by atoms with E-state index in [1.807, 2.05) is 31.2 Å². The molecule has 0 radical (unpaired) electrons. The Balaban J connectivity index is 1.74. The van der Waals surface area contributed by atoms with Crippen molar-refractivity contribution in [2.24, 2.45) is 5.41 Å². The molecule has 0 saturated carbocycles. The highest BCUT2D eigenvalue weighted by Gasteiger charge is 2.43. The van der Waals surface area contributed by atoms with Gasteiger partial charge in [-0.3, -0.25) is 14.7 Å². The molecule has 7 heteroatoms. The maximum Gasteiger partial charge on any atom is 0.312 e. The second-order valence-corrected chi connectivity index (χ2v) is 6.80. The summed E-state index contributed by atoms with van der Waals surface area (Å²) in [7, 11) is 1.63. The van der Waals surface area contributed by atoms with Crippen LogP contribution in [-0.2, 0) is 16.0 Å². The predicted molar refractivity (Wildman–Crippen MR) is 99.5 cm³/mol. The van der Waals surface area contributed by atoms with Crippen LogP contribution in [0.3, 0.4) is 0 Å². The van der Waals surface area contributed by atoms with Crippen molar-refractivity contribution in [2.45, 2.75) is 26.2 Å². The molecule has 7 nitrogen and oxygen atoms in total. The summed E-state index contributed by atoms with van der Waals surface area (Å²) >= 11 is 0. The highest BCUT2D eigenvalue weighted by atomic mass is 16.5. The average molecular weight is 371 g/mol. The van der Waals surface area contributed by atoms with Crippen molar-refractivity contribution < 1.29 is 19.1 Å². The lowest BCUT2D eigenvalue weighted by Crippen LogP contribution is -2.48. The number of carbonyl (C=O) groups excluding carboxylic acids is 2. The molecule has 1 saturated heterocycles. The van der Waals surface area contributed by atoms with Crippen LogP contribution in [-0.4, -0.2) is 53.8 Å². The number of hydrogen-bond acceptors (Lipinski definition) is 5. The van der Waals surface area contributed by atoms with Crippen molar-refractivity contribution in [3.63, 3.8) is 0 Å². The average Bonchev–Trinajstić information content (AvgIpc) is 3.23. The standard InChI is InChI=1S/C20H25N3O4/c1-3-27-19(25)20(12-15-4-6-17(26-2)7-5-15)8-10-23(11-9-20)18(24)16-13-21-22-14-16/h4-7,13-14H,3,8-12H2,1-2H3,(H,21,22). The van der Waals surface area contributed by atoms with Gasteiger partial charge in [0, 0.05) is 19.3 Å². The quantitative estimate of drug-likeness (QED) is 0.789. The van der Waals surface area contributed by atoms with E-state index in [9.17, 15) is 9.59 Å².